The fraction of sp³-hybridized carbons (Fsp3) is 0.727. The summed E-state index contributed by atoms with van der Waals surface area (Å²) < 4.78 is 0. The normalized spacial score (nSPS) is 19.8. The van der Waals surface area contributed by atoms with E-state index in [4.69, 9.17) is 11.6 Å². The molecule has 0 aliphatic heterocycles. The summed E-state index contributed by atoms with van der Waals surface area (Å²) in [6.45, 7) is 0. The number of nitrogen functional groups attached to an aromatic ring is 1. The molecule has 90 valence electrons. The highest BCUT2D eigenvalue weighted by Crippen LogP contribution is 2.32. The van der Waals surface area contributed by atoms with Crippen molar-refractivity contribution < 1.29 is 0 Å². The Hall–Kier alpha value is -1.07. The van der Waals surface area contributed by atoms with Gasteiger partial charge in [0.2, 0.25) is 0 Å². The van der Waals surface area contributed by atoms with Gasteiger partial charge in [-0.15, -0.1) is 0 Å². The van der Waals surface area contributed by atoms with Crippen LogP contribution in [0.4, 0.5) is 5.82 Å². The number of aromatic amines is 1. The Morgan fingerprint density at radius 2 is 2.19 bits per heavy atom. The minimum absolute atomic E-state index is 0.127. The summed E-state index contributed by atoms with van der Waals surface area (Å²) in [4.78, 5) is 0. The number of hydrogen-bond acceptors (Lipinski definition) is 4. The first-order valence-corrected chi connectivity index (χ1v) is 6.06. The van der Waals surface area contributed by atoms with Gasteiger partial charge in [-0.05, 0) is 12.3 Å². The molecule has 1 saturated carbocycles. The number of hydrazine groups is 1. The zero-order valence-electron chi connectivity index (χ0n) is 9.58. The molecule has 1 aliphatic carbocycles. The molecule has 0 radical (unpaired) electrons. The van der Waals surface area contributed by atoms with Crippen molar-refractivity contribution in [2.45, 2.75) is 44.6 Å². The number of anilines is 1. The summed E-state index contributed by atoms with van der Waals surface area (Å²) in [5.74, 6) is 6.99. The molecule has 1 aromatic heterocycles. The van der Waals surface area contributed by atoms with Gasteiger partial charge in [0, 0.05) is 5.56 Å². The largest absolute Gasteiger partial charge is 0.384 e. The van der Waals surface area contributed by atoms with Gasteiger partial charge in [0.1, 0.15) is 5.82 Å². The van der Waals surface area contributed by atoms with Crippen LogP contribution in [0.1, 0.15) is 50.1 Å². The van der Waals surface area contributed by atoms with Crippen molar-refractivity contribution in [2.24, 2.45) is 11.8 Å². The third kappa shape index (κ3) is 2.54. The number of hydrogen-bond donors (Lipinski definition) is 4. The van der Waals surface area contributed by atoms with Crippen molar-refractivity contribution in [2.75, 3.05) is 5.73 Å². The lowest BCUT2D eigenvalue weighted by Crippen LogP contribution is -2.30. The number of nitrogens with two attached hydrogens (primary N) is 2. The molecular formula is C11H21N5. The fourth-order valence-electron chi connectivity index (χ4n) is 2.62. The zero-order valence-corrected chi connectivity index (χ0v) is 9.58. The predicted octanol–water partition coefficient (Wildman–Crippen LogP) is 1.47. The molecular weight excluding hydrogens is 202 g/mol. The smallest absolute Gasteiger partial charge is 0.123 e. The lowest BCUT2D eigenvalue weighted by atomic mass is 9.84. The van der Waals surface area contributed by atoms with Gasteiger partial charge in [0.15, 0.2) is 0 Å². The Labute approximate surface area is 95.9 Å². The third-order valence-electron chi connectivity index (χ3n) is 3.57. The second kappa shape index (κ2) is 5.32. The van der Waals surface area contributed by atoms with Crippen molar-refractivity contribution in [1.29, 1.82) is 0 Å². The lowest BCUT2D eigenvalue weighted by molar-refractivity contribution is 0.301. The molecule has 2 rings (SSSR count). The van der Waals surface area contributed by atoms with Crippen LogP contribution in [0.15, 0.2) is 6.20 Å². The van der Waals surface area contributed by atoms with E-state index in [2.05, 4.69) is 15.6 Å². The van der Waals surface area contributed by atoms with E-state index < -0.39 is 0 Å². The summed E-state index contributed by atoms with van der Waals surface area (Å²) >= 11 is 0. The monoisotopic (exact) mass is 223 g/mol. The molecule has 1 aromatic rings. The summed E-state index contributed by atoms with van der Waals surface area (Å²) in [6.07, 6.45) is 9.53. The molecule has 1 heterocycles. The third-order valence-corrected chi connectivity index (χ3v) is 3.57. The maximum atomic E-state index is 5.81. The van der Waals surface area contributed by atoms with Crippen molar-refractivity contribution in [3.05, 3.63) is 11.8 Å². The first-order chi connectivity index (χ1) is 7.81. The molecule has 1 fully saturated rings. The molecule has 16 heavy (non-hydrogen) atoms. The van der Waals surface area contributed by atoms with Gasteiger partial charge in [0.25, 0.3) is 0 Å². The number of aromatic nitrogens is 2. The van der Waals surface area contributed by atoms with Crippen molar-refractivity contribution in [3.8, 4) is 0 Å². The van der Waals surface area contributed by atoms with Gasteiger partial charge in [-0.2, -0.15) is 5.10 Å². The summed E-state index contributed by atoms with van der Waals surface area (Å²) in [6, 6.07) is 0.127. The highest BCUT2D eigenvalue weighted by molar-refractivity contribution is 5.39. The summed E-state index contributed by atoms with van der Waals surface area (Å²) in [7, 11) is 0. The molecule has 0 spiro atoms. The molecule has 0 saturated heterocycles. The average molecular weight is 223 g/mol. The maximum absolute atomic E-state index is 5.81. The van der Waals surface area contributed by atoms with Gasteiger partial charge in [-0.25, -0.2) is 0 Å². The highest BCUT2D eigenvalue weighted by Gasteiger charge is 2.21. The van der Waals surface area contributed by atoms with Crippen LogP contribution in [0.2, 0.25) is 0 Å². The topological polar surface area (TPSA) is 92.7 Å². The van der Waals surface area contributed by atoms with E-state index in [-0.39, 0.29) is 6.04 Å². The number of rotatable bonds is 4. The zero-order chi connectivity index (χ0) is 11.4. The molecule has 0 bridgehead atoms. The Balaban J connectivity index is 1.97. The maximum Gasteiger partial charge on any atom is 0.123 e. The minimum Gasteiger partial charge on any atom is -0.384 e. The molecule has 1 unspecified atom stereocenters. The minimum atomic E-state index is 0.127. The summed E-state index contributed by atoms with van der Waals surface area (Å²) in [5, 5.41) is 6.69. The second-order valence-corrected chi connectivity index (χ2v) is 4.70. The summed E-state index contributed by atoms with van der Waals surface area (Å²) in [5.41, 5.74) is 9.65. The average Bonchev–Trinajstić information content (AvgIpc) is 2.74. The van der Waals surface area contributed by atoms with E-state index in [1.54, 1.807) is 6.20 Å². The molecule has 1 aliphatic rings. The molecule has 1 atom stereocenters. The van der Waals surface area contributed by atoms with Gasteiger partial charge in [0.05, 0.1) is 12.2 Å². The van der Waals surface area contributed by atoms with Crippen LogP contribution in [-0.2, 0) is 0 Å². The van der Waals surface area contributed by atoms with Crippen LogP contribution in [-0.4, -0.2) is 10.2 Å². The Morgan fingerprint density at radius 3 is 2.75 bits per heavy atom. The fourth-order valence-corrected chi connectivity index (χ4v) is 2.62. The quantitative estimate of drug-likeness (QED) is 0.459. The van der Waals surface area contributed by atoms with E-state index in [9.17, 15) is 0 Å². The Morgan fingerprint density at radius 1 is 1.44 bits per heavy atom. The molecule has 5 heteroatoms. The SMILES string of the molecule is NNC(CC1CCCCC1)c1cn[nH]c1N. The van der Waals surface area contributed by atoms with Crippen LogP contribution < -0.4 is 17.0 Å². The second-order valence-electron chi connectivity index (χ2n) is 4.70. The van der Waals surface area contributed by atoms with Gasteiger partial charge in [-0.3, -0.25) is 16.4 Å². The van der Waals surface area contributed by atoms with Gasteiger partial charge < -0.3 is 5.73 Å². The first-order valence-electron chi connectivity index (χ1n) is 6.06. The van der Waals surface area contributed by atoms with Crippen molar-refractivity contribution >= 4 is 5.82 Å². The number of nitrogens with one attached hydrogen (secondary N) is 2. The van der Waals surface area contributed by atoms with E-state index in [1.165, 1.54) is 32.1 Å². The first kappa shape index (κ1) is 11.4. The van der Waals surface area contributed by atoms with Gasteiger partial charge >= 0.3 is 0 Å². The Bertz CT molecular complexity index is 316. The van der Waals surface area contributed by atoms with Crippen LogP contribution >= 0.6 is 0 Å². The molecule has 6 N–H and O–H groups in total. The predicted molar refractivity (Wildman–Crippen MR) is 64.3 cm³/mol. The van der Waals surface area contributed by atoms with Crippen LogP contribution in [0.3, 0.4) is 0 Å². The van der Waals surface area contributed by atoms with E-state index in [1.807, 2.05) is 0 Å². The van der Waals surface area contributed by atoms with Crippen LogP contribution in [0, 0.1) is 5.92 Å². The van der Waals surface area contributed by atoms with E-state index in [0.29, 0.717) is 5.82 Å². The van der Waals surface area contributed by atoms with E-state index in [0.717, 1.165) is 17.9 Å². The molecule has 0 amide bonds. The lowest BCUT2D eigenvalue weighted by Gasteiger charge is -2.25. The molecule has 0 aromatic carbocycles. The number of H-pyrrole nitrogens is 1. The number of nitrogens with zero attached hydrogens (tertiary/aromatic N) is 1. The van der Waals surface area contributed by atoms with Crippen molar-refractivity contribution in [1.82, 2.24) is 15.6 Å². The standard InChI is InChI=1S/C11H21N5/c12-11-9(7-14-16-11)10(15-13)6-8-4-2-1-3-5-8/h7-8,10,15H,1-6,13H2,(H3,12,14,16). The molecule has 5 nitrogen and oxygen atoms in total. The van der Waals surface area contributed by atoms with Crippen molar-refractivity contribution in [3.63, 3.8) is 0 Å². The Kier molecular flexibility index (Phi) is 3.79. The van der Waals surface area contributed by atoms with E-state index >= 15 is 0 Å². The van der Waals surface area contributed by atoms with Crippen LogP contribution in [0.25, 0.3) is 0 Å². The highest BCUT2D eigenvalue weighted by atomic mass is 15.2. The van der Waals surface area contributed by atoms with Gasteiger partial charge in [-0.1, -0.05) is 32.1 Å². The van der Waals surface area contributed by atoms with Crippen LogP contribution in [0.5, 0.6) is 0 Å².